The zero-order valence-corrected chi connectivity index (χ0v) is 12.2. The van der Waals surface area contributed by atoms with Crippen molar-refractivity contribution in [2.75, 3.05) is 45.9 Å². The molecule has 0 aromatic carbocycles. The molecule has 2 heterocycles. The lowest BCUT2D eigenvalue weighted by atomic mass is 10.0. The molecule has 2 fully saturated rings. The number of hydrogen-bond donors (Lipinski definition) is 1. The molecule has 2 saturated heterocycles. The first-order chi connectivity index (χ1) is 9.16. The average molecular weight is 269 g/mol. The summed E-state index contributed by atoms with van der Waals surface area (Å²) >= 11 is 0. The van der Waals surface area contributed by atoms with Crippen LogP contribution in [0.15, 0.2) is 0 Å². The van der Waals surface area contributed by atoms with E-state index in [0.717, 1.165) is 52.4 Å². The number of nitrogens with one attached hydrogen (secondary N) is 1. The Morgan fingerprint density at radius 2 is 2.11 bits per heavy atom. The first-order valence-electron chi connectivity index (χ1n) is 7.51. The van der Waals surface area contributed by atoms with Gasteiger partial charge in [0.05, 0.1) is 13.2 Å². The molecule has 1 N–H and O–H groups in total. The molecular weight excluding hydrogens is 242 g/mol. The van der Waals surface area contributed by atoms with Crippen molar-refractivity contribution in [3.05, 3.63) is 0 Å². The summed E-state index contributed by atoms with van der Waals surface area (Å²) in [6, 6.07) is 0.488. The Morgan fingerprint density at radius 3 is 2.79 bits per heavy atom. The van der Waals surface area contributed by atoms with Crippen LogP contribution in [0.1, 0.15) is 26.7 Å². The van der Waals surface area contributed by atoms with Gasteiger partial charge < -0.3 is 15.0 Å². The van der Waals surface area contributed by atoms with Gasteiger partial charge in [0.1, 0.15) is 0 Å². The zero-order valence-electron chi connectivity index (χ0n) is 12.2. The van der Waals surface area contributed by atoms with E-state index >= 15 is 0 Å². The van der Waals surface area contributed by atoms with Crippen molar-refractivity contribution in [2.45, 2.75) is 32.7 Å². The van der Waals surface area contributed by atoms with Crippen LogP contribution in [-0.2, 0) is 4.74 Å². The molecule has 2 amide bonds. The summed E-state index contributed by atoms with van der Waals surface area (Å²) in [5, 5.41) is 3.07. The molecule has 0 radical (unpaired) electrons. The van der Waals surface area contributed by atoms with E-state index in [0.29, 0.717) is 12.0 Å². The normalized spacial score (nSPS) is 27.1. The Morgan fingerprint density at radius 1 is 1.37 bits per heavy atom. The predicted molar refractivity (Wildman–Crippen MR) is 75.2 cm³/mol. The lowest BCUT2D eigenvalue weighted by Gasteiger charge is -2.34. The van der Waals surface area contributed by atoms with Gasteiger partial charge in [0.2, 0.25) is 0 Å². The lowest BCUT2D eigenvalue weighted by molar-refractivity contribution is 0.0206. The molecule has 0 aliphatic carbocycles. The number of carbonyl (C=O) groups is 1. The van der Waals surface area contributed by atoms with Crippen molar-refractivity contribution >= 4 is 6.03 Å². The van der Waals surface area contributed by atoms with Crippen LogP contribution in [0.2, 0.25) is 0 Å². The number of likely N-dealkylation sites (tertiary alicyclic amines) is 1. The highest BCUT2D eigenvalue weighted by Crippen LogP contribution is 2.15. The monoisotopic (exact) mass is 269 g/mol. The first kappa shape index (κ1) is 14.6. The maximum atomic E-state index is 12.1. The van der Waals surface area contributed by atoms with Gasteiger partial charge >= 0.3 is 6.03 Å². The number of urea groups is 1. The van der Waals surface area contributed by atoms with Crippen LogP contribution >= 0.6 is 0 Å². The second-order valence-electron chi connectivity index (χ2n) is 5.88. The zero-order chi connectivity index (χ0) is 13.7. The smallest absolute Gasteiger partial charge is 0.317 e. The Bertz CT molecular complexity index is 292. The third kappa shape index (κ3) is 4.35. The van der Waals surface area contributed by atoms with Gasteiger partial charge in [-0.3, -0.25) is 4.90 Å². The molecule has 0 aromatic heterocycles. The minimum absolute atomic E-state index is 0.103. The van der Waals surface area contributed by atoms with E-state index < -0.39 is 0 Å². The Kier molecular flexibility index (Phi) is 5.45. The fraction of sp³-hybridized carbons (Fsp3) is 0.929. The number of piperidine rings is 1. The molecule has 110 valence electrons. The fourth-order valence-corrected chi connectivity index (χ4v) is 2.87. The van der Waals surface area contributed by atoms with Crippen LogP contribution in [0.25, 0.3) is 0 Å². The van der Waals surface area contributed by atoms with Crippen LogP contribution in [0.5, 0.6) is 0 Å². The molecule has 2 aliphatic rings. The molecular formula is C14H27N3O2. The topological polar surface area (TPSA) is 44.8 Å². The second-order valence-corrected chi connectivity index (χ2v) is 5.88. The van der Waals surface area contributed by atoms with Crippen LogP contribution in [0, 0.1) is 5.92 Å². The molecule has 0 aromatic rings. The predicted octanol–water partition coefficient (Wildman–Crippen LogP) is 1.15. The van der Waals surface area contributed by atoms with E-state index in [-0.39, 0.29) is 6.03 Å². The fourth-order valence-electron chi connectivity index (χ4n) is 2.87. The minimum atomic E-state index is 0.103. The highest BCUT2D eigenvalue weighted by molar-refractivity contribution is 5.74. The van der Waals surface area contributed by atoms with E-state index in [1.165, 1.54) is 6.42 Å². The summed E-state index contributed by atoms with van der Waals surface area (Å²) in [5.41, 5.74) is 0. The highest BCUT2D eigenvalue weighted by Gasteiger charge is 2.22. The Labute approximate surface area is 116 Å². The average Bonchev–Trinajstić information content (AvgIpc) is 2.45. The lowest BCUT2D eigenvalue weighted by Crippen LogP contribution is -2.51. The van der Waals surface area contributed by atoms with Gasteiger partial charge in [0.15, 0.2) is 0 Å². The van der Waals surface area contributed by atoms with Gasteiger partial charge in [-0.2, -0.15) is 0 Å². The standard InChI is InChI=1S/C14H27N3O2/c1-12-4-3-5-17(11-12)14(18)15-10-13(2)16-6-8-19-9-7-16/h12-13H,3-11H2,1-2H3,(H,15,18). The maximum absolute atomic E-state index is 12.1. The van der Waals surface area contributed by atoms with E-state index in [9.17, 15) is 4.79 Å². The van der Waals surface area contributed by atoms with Gasteiger partial charge in [-0.15, -0.1) is 0 Å². The van der Waals surface area contributed by atoms with Crippen molar-refractivity contribution < 1.29 is 9.53 Å². The summed E-state index contributed by atoms with van der Waals surface area (Å²) in [5.74, 6) is 0.635. The van der Waals surface area contributed by atoms with Crippen LogP contribution in [-0.4, -0.2) is 67.8 Å². The van der Waals surface area contributed by atoms with E-state index in [1.54, 1.807) is 0 Å². The third-order valence-electron chi connectivity index (χ3n) is 4.16. The minimum Gasteiger partial charge on any atom is -0.379 e. The van der Waals surface area contributed by atoms with Crippen LogP contribution < -0.4 is 5.32 Å². The van der Waals surface area contributed by atoms with Crippen molar-refractivity contribution in [3.63, 3.8) is 0 Å². The van der Waals surface area contributed by atoms with Crippen LogP contribution in [0.4, 0.5) is 4.79 Å². The Balaban J connectivity index is 1.70. The van der Waals surface area contributed by atoms with E-state index in [1.807, 2.05) is 4.90 Å². The molecule has 2 rings (SSSR count). The molecule has 0 saturated carbocycles. The SMILES string of the molecule is CC1CCCN(C(=O)NCC(C)N2CCOCC2)C1. The van der Waals surface area contributed by atoms with E-state index in [4.69, 9.17) is 4.74 Å². The molecule has 5 nitrogen and oxygen atoms in total. The number of nitrogens with zero attached hydrogens (tertiary/aromatic N) is 2. The number of carbonyl (C=O) groups excluding carboxylic acids is 1. The number of rotatable bonds is 3. The molecule has 0 bridgehead atoms. The van der Waals surface area contributed by atoms with Crippen molar-refractivity contribution in [2.24, 2.45) is 5.92 Å². The van der Waals surface area contributed by atoms with Gasteiger partial charge in [0, 0.05) is 38.8 Å². The first-order valence-corrected chi connectivity index (χ1v) is 7.51. The number of morpholine rings is 1. The summed E-state index contributed by atoms with van der Waals surface area (Å²) < 4.78 is 5.35. The quantitative estimate of drug-likeness (QED) is 0.836. The molecule has 5 heteroatoms. The molecule has 0 spiro atoms. The number of amides is 2. The Hall–Kier alpha value is -0.810. The second kappa shape index (κ2) is 7.10. The largest absolute Gasteiger partial charge is 0.379 e. The highest BCUT2D eigenvalue weighted by atomic mass is 16.5. The third-order valence-corrected chi connectivity index (χ3v) is 4.16. The number of hydrogen-bond acceptors (Lipinski definition) is 3. The van der Waals surface area contributed by atoms with Crippen LogP contribution in [0.3, 0.4) is 0 Å². The van der Waals surface area contributed by atoms with Gasteiger partial charge in [0.25, 0.3) is 0 Å². The molecule has 2 atom stereocenters. The van der Waals surface area contributed by atoms with E-state index in [2.05, 4.69) is 24.1 Å². The van der Waals surface area contributed by atoms with Crippen molar-refractivity contribution in [1.29, 1.82) is 0 Å². The van der Waals surface area contributed by atoms with Crippen molar-refractivity contribution in [1.82, 2.24) is 15.1 Å². The van der Waals surface area contributed by atoms with Gasteiger partial charge in [-0.25, -0.2) is 4.79 Å². The number of ether oxygens (including phenoxy) is 1. The van der Waals surface area contributed by atoms with Gasteiger partial charge in [-0.1, -0.05) is 6.92 Å². The molecule has 2 unspecified atom stereocenters. The molecule has 2 aliphatic heterocycles. The molecule has 19 heavy (non-hydrogen) atoms. The summed E-state index contributed by atoms with van der Waals surface area (Å²) in [7, 11) is 0. The van der Waals surface area contributed by atoms with Crippen molar-refractivity contribution in [3.8, 4) is 0 Å². The summed E-state index contributed by atoms with van der Waals surface area (Å²) in [6.45, 7) is 10.5. The maximum Gasteiger partial charge on any atom is 0.317 e. The van der Waals surface area contributed by atoms with Gasteiger partial charge in [-0.05, 0) is 25.7 Å². The summed E-state index contributed by atoms with van der Waals surface area (Å²) in [4.78, 5) is 16.4. The summed E-state index contributed by atoms with van der Waals surface area (Å²) in [6.07, 6.45) is 2.38.